The van der Waals surface area contributed by atoms with Gasteiger partial charge in [-0.15, -0.1) is 0 Å². The average molecular weight is 229 g/mol. The van der Waals surface area contributed by atoms with E-state index in [9.17, 15) is 0 Å². The SMILES string of the molecule is CNCCc1ccc2c(C)c(OC)ccc2c1. The van der Waals surface area contributed by atoms with Crippen LogP contribution >= 0.6 is 0 Å². The molecule has 2 aromatic carbocycles. The fourth-order valence-electron chi connectivity index (χ4n) is 2.16. The summed E-state index contributed by atoms with van der Waals surface area (Å²) in [5.41, 5.74) is 2.58. The van der Waals surface area contributed by atoms with Crippen molar-refractivity contribution in [2.45, 2.75) is 13.3 Å². The number of ether oxygens (including phenoxy) is 1. The van der Waals surface area contributed by atoms with E-state index in [0.29, 0.717) is 0 Å². The fraction of sp³-hybridized carbons (Fsp3) is 0.333. The maximum absolute atomic E-state index is 5.34. The Morgan fingerprint density at radius 1 is 1.18 bits per heavy atom. The number of benzene rings is 2. The molecule has 0 fully saturated rings. The van der Waals surface area contributed by atoms with Crippen LogP contribution < -0.4 is 10.1 Å². The van der Waals surface area contributed by atoms with Crippen molar-refractivity contribution >= 4 is 10.8 Å². The van der Waals surface area contributed by atoms with Gasteiger partial charge in [-0.2, -0.15) is 0 Å². The molecule has 0 heterocycles. The lowest BCUT2D eigenvalue weighted by Gasteiger charge is -2.09. The average Bonchev–Trinajstić information content (AvgIpc) is 2.37. The van der Waals surface area contributed by atoms with Crippen LogP contribution in [0.1, 0.15) is 11.1 Å². The van der Waals surface area contributed by atoms with Gasteiger partial charge in [-0.1, -0.05) is 24.3 Å². The van der Waals surface area contributed by atoms with Crippen LogP contribution in [0.2, 0.25) is 0 Å². The van der Waals surface area contributed by atoms with E-state index in [-0.39, 0.29) is 0 Å². The second-order valence-electron chi connectivity index (χ2n) is 4.30. The Kier molecular flexibility index (Phi) is 3.64. The van der Waals surface area contributed by atoms with E-state index in [0.717, 1.165) is 18.7 Å². The van der Waals surface area contributed by atoms with Crippen molar-refractivity contribution < 1.29 is 4.74 Å². The number of nitrogens with one attached hydrogen (secondary N) is 1. The number of aryl methyl sites for hydroxylation is 1. The van der Waals surface area contributed by atoms with E-state index in [1.807, 2.05) is 13.1 Å². The highest BCUT2D eigenvalue weighted by Gasteiger charge is 2.04. The second kappa shape index (κ2) is 5.19. The summed E-state index contributed by atoms with van der Waals surface area (Å²) < 4.78 is 5.34. The summed E-state index contributed by atoms with van der Waals surface area (Å²) in [5, 5.41) is 5.74. The van der Waals surface area contributed by atoms with Crippen molar-refractivity contribution in [3.63, 3.8) is 0 Å². The minimum atomic E-state index is 0.959. The minimum Gasteiger partial charge on any atom is -0.496 e. The first-order valence-corrected chi connectivity index (χ1v) is 5.97. The summed E-state index contributed by atoms with van der Waals surface area (Å²) >= 11 is 0. The molecule has 17 heavy (non-hydrogen) atoms. The van der Waals surface area contributed by atoms with Crippen LogP contribution in [0, 0.1) is 6.92 Å². The molecule has 2 heteroatoms. The highest BCUT2D eigenvalue weighted by Crippen LogP contribution is 2.27. The van der Waals surface area contributed by atoms with Gasteiger partial charge in [0.2, 0.25) is 0 Å². The summed E-state index contributed by atoms with van der Waals surface area (Å²) in [5.74, 6) is 0.959. The smallest absolute Gasteiger partial charge is 0.122 e. The Morgan fingerprint density at radius 3 is 2.71 bits per heavy atom. The van der Waals surface area contributed by atoms with Crippen molar-refractivity contribution in [1.82, 2.24) is 5.32 Å². The van der Waals surface area contributed by atoms with E-state index < -0.39 is 0 Å². The van der Waals surface area contributed by atoms with Crippen LogP contribution in [0.4, 0.5) is 0 Å². The third kappa shape index (κ3) is 2.42. The van der Waals surface area contributed by atoms with Gasteiger partial charge in [0.25, 0.3) is 0 Å². The van der Waals surface area contributed by atoms with Crippen molar-refractivity contribution in [2.75, 3.05) is 20.7 Å². The molecule has 0 amide bonds. The maximum Gasteiger partial charge on any atom is 0.122 e. The van der Waals surface area contributed by atoms with Gasteiger partial charge in [0.15, 0.2) is 0 Å². The first kappa shape index (κ1) is 11.9. The van der Waals surface area contributed by atoms with Gasteiger partial charge < -0.3 is 10.1 Å². The zero-order valence-electron chi connectivity index (χ0n) is 10.7. The van der Waals surface area contributed by atoms with Gasteiger partial charge in [0, 0.05) is 0 Å². The molecule has 0 bridgehead atoms. The van der Waals surface area contributed by atoms with Crippen molar-refractivity contribution in [2.24, 2.45) is 0 Å². The predicted octanol–water partition coefficient (Wildman–Crippen LogP) is 2.92. The minimum absolute atomic E-state index is 0.959. The molecule has 0 atom stereocenters. The molecule has 90 valence electrons. The Labute approximate surface area is 103 Å². The summed E-state index contributed by atoms with van der Waals surface area (Å²) in [6.45, 7) is 3.12. The number of hydrogen-bond acceptors (Lipinski definition) is 2. The number of likely N-dealkylation sites (N-methyl/N-ethyl adjacent to an activating group) is 1. The molecular formula is C15H19NO. The van der Waals surface area contributed by atoms with Gasteiger partial charge in [-0.05, 0) is 54.9 Å². The van der Waals surface area contributed by atoms with Gasteiger partial charge in [-0.25, -0.2) is 0 Å². The molecule has 0 aliphatic heterocycles. The number of hydrogen-bond donors (Lipinski definition) is 1. The van der Waals surface area contributed by atoms with Crippen LogP contribution in [-0.4, -0.2) is 20.7 Å². The third-order valence-corrected chi connectivity index (χ3v) is 3.19. The van der Waals surface area contributed by atoms with Gasteiger partial charge in [-0.3, -0.25) is 0 Å². The van der Waals surface area contributed by atoms with Crippen LogP contribution in [0.15, 0.2) is 30.3 Å². The zero-order chi connectivity index (χ0) is 12.3. The van der Waals surface area contributed by atoms with E-state index in [1.165, 1.54) is 21.9 Å². The molecule has 2 nitrogen and oxygen atoms in total. The van der Waals surface area contributed by atoms with Gasteiger partial charge >= 0.3 is 0 Å². The summed E-state index contributed by atoms with van der Waals surface area (Å²) in [6.07, 6.45) is 1.07. The summed E-state index contributed by atoms with van der Waals surface area (Å²) in [7, 11) is 3.70. The lowest BCUT2D eigenvalue weighted by Crippen LogP contribution is -2.10. The van der Waals surface area contributed by atoms with E-state index in [4.69, 9.17) is 4.74 Å². The standard InChI is InChI=1S/C15H19NO/c1-11-14-6-4-12(8-9-16-2)10-13(14)5-7-15(11)17-3/h4-7,10,16H,8-9H2,1-3H3. The first-order chi connectivity index (χ1) is 8.26. The van der Waals surface area contributed by atoms with Crippen LogP contribution in [0.3, 0.4) is 0 Å². The molecule has 0 spiro atoms. The van der Waals surface area contributed by atoms with E-state index in [1.54, 1.807) is 7.11 Å². The summed E-state index contributed by atoms with van der Waals surface area (Å²) in [4.78, 5) is 0. The predicted molar refractivity (Wildman–Crippen MR) is 72.9 cm³/mol. The highest BCUT2D eigenvalue weighted by atomic mass is 16.5. The van der Waals surface area contributed by atoms with E-state index >= 15 is 0 Å². The highest BCUT2D eigenvalue weighted by molar-refractivity contribution is 5.88. The quantitative estimate of drug-likeness (QED) is 0.870. The lowest BCUT2D eigenvalue weighted by molar-refractivity contribution is 0.412. The van der Waals surface area contributed by atoms with Crippen molar-refractivity contribution in [3.05, 3.63) is 41.5 Å². The molecule has 2 aromatic rings. The Hall–Kier alpha value is -1.54. The Morgan fingerprint density at radius 2 is 2.00 bits per heavy atom. The largest absolute Gasteiger partial charge is 0.496 e. The van der Waals surface area contributed by atoms with Crippen LogP contribution in [-0.2, 0) is 6.42 Å². The molecule has 0 aliphatic rings. The second-order valence-corrected chi connectivity index (χ2v) is 4.30. The zero-order valence-corrected chi connectivity index (χ0v) is 10.7. The lowest BCUT2D eigenvalue weighted by atomic mass is 10.0. The molecule has 0 unspecified atom stereocenters. The van der Waals surface area contributed by atoms with Gasteiger partial charge in [0.1, 0.15) is 5.75 Å². The molecule has 0 saturated heterocycles. The maximum atomic E-state index is 5.34. The molecule has 0 saturated carbocycles. The molecule has 0 aromatic heterocycles. The number of fused-ring (bicyclic) bond motifs is 1. The molecule has 2 rings (SSSR count). The van der Waals surface area contributed by atoms with Crippen molar-refractivity contribution in [1.29, 1.82) is 0 Å². The molecule has 0 radical (unpaired) electrons. The topological polar surface area (TPSA) is 21.3 Å². The van der Waals surface area contributed by atoms with E-state index in [2.05, 4.69) is 36.5 Å². The third-order valence-electron chi connectivity index (χ3n) is 3.19. The Balaban J connectivity index is 2.42. The Bertz CT molecular complexity index is 520. The normalized spacial score (nSPS) is 10.8. The molecule has 1 N–H and O–H groups in total. The fourth-order valence-corrected chi connectivity index (χ4v) is 2.16. The van der Waals surface area contributed by atoms with Gasteiger partial charge in [0.05, 0.1) is 7.11 Å². The monoisotopic (exact) mass is 229 g/mol. The number of rotatable bonds is 4. The summed E-state index contributed by atoms with van der Waals surface area (Å²) in [6, 6.07) is 10.8. The molecule has 0 aliphatic carbocycles. The van der Waals surface area contributed by atoms with Crippen molar-refractivity contribution in [3.8, 4) is 5.75 Å². The van der Waals surface area contributed by atoms with Crippen LogP contribution in [0.25, 0.3) is 10.8 Å². The first-order valence-electron chi connectivity index (χ1n) is 5.97. The van der Waals surface area contributed by atoms with Crippen LogP contribution in [0.5, 0.6) is 5.75 Å². The molecular weight excluding hydrogens is 210 g/mol. The number of methoxy groups -OCH3 is 1.